The minimum Gasteiger partial charge on any atom is -0.326 e. The fraction of sp³-hybridized carbons (Fsp3) is 0.304. The number of hydrogen-bond donors (Lipinski definition) is 2. The molecule has 31 heavy (non-hydrogen) atoms. The van der Waals surface area contributed by atoms with Crippen molar-refractivity contribution in [3.05, 3.63) is 68.8 Å². The predicted molar refractivity (Wildman–Crippen MR) is 121 cm³/mol. The van der Waals surface area contributed by atoms with E-state index in [1.54, 1.807) is 29.2 Å². The van der Waals surface area contributed by atoms with E-state index in [0.717, 1.165) is 12.8 Å². The van der Waals surface area contributed by atoms with Crippen LogP contribution in [0.5, 0.6) is 0 Å². The Labute approximate surface area is 184 Å². The van der Waals surface area contributed by atoms with Gasteiger partial charge in [0.05, 0.1) is 4.88 Å². The smallest absolute Gasteiger partial charge is 0.264 e. The normalized spacial score (nSPS) is 16.2. The molecular weight excluding hydrogens is 412 g/mol. The van der Waals surface area contributed by atoms with E-state index in [1.807, 2.05) is 24.4 Å². The molecule has 3 heterocycles. The van der Waals surface area contributed by atoms with Crippen molar-refractivity contribution in [1.29, 1.82) is 0 Å². The fourth-order valence-corrected chi connectivity index (χ4v) is 4.46. The molecule has 1 aliphatic heterocycles. The summed E-state index contributed by atoms with van der Waals surface area (Å²) in [7, 11) is 0. The van der Waals surface area contributed by atoms with E-state index < -0.39 is 6.04 Å². The van der Waals surface area contributed by atoms with E-state index >= 15 is 0 Å². The van der Waals surface area contributed by atoms with Crippen molar-refractivity contribution in [3.63, 3.8) is 0 Å². The van der Waals surface area contributed by atoms with Gasteiger partial charge in [0.1, 0.15) is 11.9 Å². The van der Waals surface area contributed by atoms with E-state index in [0.29, 0.717) is 47.0 Å². The van der Waals surface area contributed by atoms with Gasteiger partial charge in [0.15, 0.2) is 0 Å². The number of likely N-dealkylation sites (tertiary alicyclic amines) is 1. The second-order valence-corrected chi connectivity index (χ2v) is 8.44. The number of aromatic nitrogens is 2. The van der Waals surface area contributed by atoms with Gasteiger partial charge in [-0.15, -0.1) is 11.3 Å². The maximum Gasteiger partial charge on any atom is 0.264 e. The molecule has 7 nitrogen and oxygen atoms in total. The molecule has 1 saturated heterocycles. The molecule has 3 aromatic rings. The Hall–Kier alpha value is -3.26. The molecule has 4 rings (SSSR count). The number of H-pyrrole nitrogens is 1. The monoisotopic (exact) mass is 436 g/mol. The van der Waals surface area contributed by atoms with E-state index in [1.165, 1.54) is 17.4 Å². The molecular formula is C23H24N4O3S. The Balaban J connectivity index is 1.54. The van der Waals surface area contributed by atoms with Crippen LogP contribution in [0.4, 0.5) is 5.69 Å². The molecule has 1 aromatic carbocycles. The van der Waals surface area contributed by atoms with Crippen LogP contribution >= 0.6 is 11.3 Å². The number of nitrogens with zero attached hydrogens (tertiary/aromatic N) is 2. The summed E-state index contributed by atoms with van der Waals surface area (Å²) in [6.45, 7) is 2.51. The van der Waals surface area contributed by atoms with Crippen LogP contribution in [0.2, 0.25) is 0 Å². The van der Waals surface area contributed by atoms with Crippen LogP contribution in [-0.2, 0) is 11.2 Å². The van der Waals surface area contributed by atoms with Crippen LogP contribution in [-0.4, -0.2) is 39.3 Å². The molecule has 0 spiro atoms. The first-order chi connectivity index (χ1) is 15.0. The van der Waals surface area contributed by atoms with Gasteiger partial charge in [-0.1, -0.05) is 25.1 Å². The average molecular weight is 437 g/mol. The van der Waals surface area contributed by atoms with Gasteiger partial charge >= 0.3 is 0 Å². The van der Waals surface area contributed by atoms with Crippen molar-refractivity contribution in [3.8, 4) is 11.4 Å². The highest BCUT2D eigenvalue weighted by Gasteiger charge is 2.33. The summed E-state index contributed by atoms with van der Waals surface area (Å²) in [5.41, 5.74) is 1.81. The van der Waals surface area contributed by atoms with Crippen LogP contribution in [0, 0.1) is 0 Å². The van der Waals surface area contributed by atoms with Crippen molar-refractivity contribution in [2.45, 2.75) is 38.6 Å². The Morgan fingerprint density at radius 3 is 2.87 bits per heavy atom. The molecule has 2 aromatic heterocycles. The largest absolute Gasteiger partial charge is 0.326 e. The molecule has 0 aliphatic carbocycles. The number of nitrogens with one attached hydrogen (secondary N) is 2. The van der Waals surface area contributed by atoms with Gasteiger partial charge in [-0.2, -0.15) is 0 Å². The van der Waals surface area contributed by atoms with Crippen molar-refractivity contribution in [1.82, 2.24) is 14.9 Å². The zero-order valence-electron chi connectivity index (χ0n) is 17.3. The molecule has 0 bridgehead atoms. The number of piperidine rings is 1. The number of amides is 2. The summed E-state index contributed by atoms with van der Waals surface area (Å²) >= 11 is 1.39. The second-order valence-electron chi connectivity index (χ2n) is 7.50. The number of aromatic amines is 1. The first-order valence-corrected chi connectivity index (χ1v) is 11.3. The number of carbonyl (C=O) groups is 2. The van der Waals surface area contributed by atoms with Crippen LogP contribution in [0.1, 0.15) is 41.6 Å². The summed E-state index contributed by atoms with van der Waals surface area (Å²) in [6.07, 6.45) is 3.09. The van der Waals surface area contributed by atoms with Crippen LogP contribution in [0.3, 0.4) is 0 Å². The summed E-state index contributed by atoms with van der Waals surface area (Å²) < 4.78 is 0. The van der Waals surface area contributed by atoms with Crippen LogP contribution in [0.25, 0.3) is 11.4 Å². The third-order valence-electron chi connectivity index (χ3n) is 5.36. The highest BCUT2D eigenvalue weighted by molar-refractivity contribution is 7.12. The Bertz CT molecular complexity index is 1140. The fourth-order valence-electron chi connectivity index (χ4n) is 3.78. The van der Waals surface area contributed by atoms with Crippen molar-refractivity contribution in [2.24, 2.45) is 0 Å². The molecule has 1 unspecified atom stereocenters. The molecule has 8 heteroatoms. The lowest BCUT2D eigenvalue weighted by atomic mass is 10.0. The molecule has 1 atom stereocenters. The number of thiophene rings is 1. The summed E-state index contributed by atoms with van der Waals surface area (Å²) in [4.78, 5) is 47.4. The van der Waals surface area contributed by atoms with Gasteiger partial charge in [0.25, 0.3) is 11.5 Å². The average Bonchev–Trinajstić information content (AvgIpc) is 3.33. The lowest BCUT2D eigenvalue weighted by Crippen LogP contribution is -2.49. The number of aryl methyl sites for hydroxylation is 1. The third-order valence-corrected chi connectivity index (χ3v) is 6.22. The topological polar surface area (TPSA) is 95.2 Å². The molecule has 1 aliphatic rings. The first kappa shape index (κ1) is 21.0. The minimum absolute atomic E-state index is 0.0956. The molecule has 0 saturated carbocycles. The summed E-state index contributed by atoms with van der Waals surface area (Å²) in [5, 5.41) is 4.81. The maximum absolute atomic E-state index is 13.1. The summed E-state index contributed by atoms with van der Waals surface area (Å²) in [6, 6.07) is 11.8. The molecule has 1 fully saturated rings. The zero-order chi connectivity index (χ0) is 21.8. The number of anilines is 1. The van der Waals surface area contributed by atoms with E-state index in [9.17, 15) is 14.4 Å². The second kappa shape index (κ2) is 9.26. The quantitative estimate of drug-likeness (QED) is 0.638. The van der Waals surface area contributed by atoms with Gasteiger partial charge < -0.3 is 15.2 Å². The maximum atomic E-state index is 13.1. The Morgan fingerprint density at radius 1 is 1.23 bits per heavy atom. The van der Waals surface area contributed by atoms with Crippen molar-refractivity contribution >= 4 is 28.8 Å². The van der Waals surface area contributed by atoms with Crippen molar-refractivity contribution in [2.75, 3.05) is 11.9 Å². The van der Waals surface area contributed by atoms with E-state index in [-0.39, 0.29) is 17.4 Å². The number of carbonyl (C=O) groups excluding carboxylic acids is 2. The molecule has 2 amide bonds. The van der Waals surface area contributed by atoms with E-state index in [2.05, 4.69) is 15.3 Å². The first-order valence-electron chi connectivity index (χ1n) is 10.4. The highest BCUT2D eigenvalue weighted by Crippen LogP contribution is 2.24. The number of benzene rings is 1. The van der Waals surface area contributed by atoms with Gasteiger partial charge in [-0.25, -0.2) is 4.98 Å². The molecule has 160 valence electrons. The standard InChI is InChI=1S/C23H24N4O3S/c1-2-16-14-20(28)26-21(24-16)15-7-5-8-17(13-15)25-22(29)18-9-3-4-11-27(18)23(30)19-10-6-12-31-19/h5-8,10,12-14,18H,2-4,9,11H2,1H3,(H,25,29)(H,24,26,28). The number of hydrogen-bond acceptors (Lipinski definition) is 5. The van der Waals surface area contributed by atoms with Gasteiger partial charge in [0, 0.05) is 29.6 Å². The summed E-state index contributed by atoms with van der Waals surface area (Å²) in [5.74, 6) is 0.167. The predicted octanol–water partition coefficient (Wildman–Crippen LogP) is 3.69. The lowest BCUT2D eigenvalue weighted by molar-refractivity contribution is -0.121. The third kappa shape index (κ3) is 4.74. The van der Waals surface area contributed by atoms with E-state index in [4.69, 9.17) is 0 Å². The SMILES string of the molecule is CCc1cc(=O)[nH]c(-c2cccc(NC(=O)C3CCCCN3C(=O)c3cccs3)c2)n1. The van der Waals surface area contributed by atoms with Crippen LogP contribution < -0.4 is 10.9 Å². The molecule has 0 radical (unpaired) electrons. The molecule has 2 N–H and O–H groups in total. The van der Waals surface area contributed by atoms with Gasteiger partial charge in [-0.3, -0.25) is 14.4 Å². The lowest BCUT2D eigenvalue weighted by Gasteiger charge is -2.34. The number of rotatable bonds is 5. The van der Waals surface area contributed by atoms with Gasteiger partial charge in [0.2, 0.25) is 5.91 Å². The zero-order valence-corrected chi connectivity index (χ0v) is 18.1. The minimum atomic E-state index is -0.506. The van der Waals surface area contributed by atoms with Crippen molar-refractivity contribution < 1.29 is 9.59 Å². The van der Waals surface area contributed by atoms with Gasteiger partial charge in [-0.05, 0) is 49.3 Å². The van der Waals surface area contributed by atoms with Crippen LogP contribution in [0.15, 0.2) is 52.6 Å². The Kier molecular flexibility index (Phi) is 6.27. The highest BCUT2D eigenvalue weighted by atomic mass is 32.1. The Morgan fingerprint density at radius 2 is 2.10 bits per heavy atom.